The number of ether oxygens (including phenoxy) is 2. The first-order valence-corrected chi connectivity index (χ1v) is 17.0. The maximum atomic E-state index is 12.1. The van der Waals surface area contributed by atoms with Crippen LogP contribution in [0.1, 0.15) is 81.6 Å². The first-order chi connectivity index (χ1) is 23.5. The summed E-state index contributed by atoms with van der Waals surface area (Å²) < 4.78 is 9.45. The van der Waals surface area contributed by atoms with E-state index in [0.29, 0.717) is 24.0 Å². The van der Waals surface area contributed by atoms with Crippen LogP contribution in [-0.4, -0.2) is 43.9 Å². The zero-order valence-corrected chi connectivity index (χ0v) is 29.9. The van der Waals surface area contributed by atoms with Crippen molar-refractivity contribution in [1.82, 2.24) is 0 Å². The number of esters is 2. The summed E-state index contributed by atoms with van der Waals surface area (Å²) in [6.07, 6.45) is 5.50. The van der Waals surface area contributed by atoms with Crippen molar-refractivity contribution in [2.75, 3.05) is 25.7 Å². The molecule has 1 amide bonds. The summed E-state index contributed by atoms with van der Waals surface area (Å²) in [4.78, 5) is 46.6. The van der Waals surface area contributed by atoms with Gasteiger partial charge in [-0.1, -0.05) is 50.2 Å². The van der Waals surface area contributed by atoms with Crippen LogP contribution in [0.2, 0.25) is 0 Å². The van der Waals surface area contributed by atoms with E-state index in [1.165, 1.54) is 61.3 Å². The Hall–Kier alpha value is -4.75. The molecule has 0 saturated carbocycles. The van der Waals surface area contributed by atoms with E-state index >= 15 is 0 Å². The lowest BCUT2D eigenvalue weighted by atomic mass is 9.96. The maximum absolute atomic E-state index is 12.1. The molecule has 1 aliphatic heterocycles. The Bertz CT molecular complexity index is 1830. The molecule has 0 atom stereocenters. The minimum absolute atomic E-state index is 0.173. The lowest BCUT2D eigenvalue weighted by molar-refractivity contribution is -0.118. The lowest BCUT2D eigenvalue weighted by Gasteiger charge is -2.19. The Morgan fingerprint density at radius 2 is 1.14 bits per heavy atom. The summed E-state index contributed by atoms with van der Waals surface area (Å²) in [6, 6.07) is 23.8. The minimum Gasteiger partial charge on any atom is -0.465 e. The number of rotatable bonds is 6. The summed E-state index contributed by atoms with van der Waals surface area (Å²) in [5, 5.41) is -0.273. The van der Waals surface area contributed by atoms with Crippen molar-refractivity contribution < 1.29 is 28.7 Å². The van der Waals surface area contributed by atoms with E-state index in [9.17, 15) is 19.2 Å². The van der Waals surface area contributed by atoms with Crippen LogP contribution in [0.4, 0.5) is 5.69 Å². The molecule has 0 N–H and O–H groups in total. The molecule has 7 nitrogen and oxygen atoms in total. The Morgan fingerprint density at radius 1 is 0.653 bits per heavy atom. The van der Waals surface area contributed by atoms with Crippen LogP contribution in [0.5, 0.6) is 0 Å². The van der Waals surface area contributed by atoms with Gasteiger partial charge in [0.05, 0.1) is 25.3 Å². The van der Waals surface area contributed by atoms with E-state index in [-0.39, 0.29) is 23.1 Å². The number of halogens is 1. The highest BCUT2D eigenvalue weighted by Crippen LogP contribution is 2.36. The van der Waals surface area contributed by atoms with Crippen molar-refractivity contribution in [3.8, 4) is 22.3 Å². The van der Waals surface area contributed by atoms with E-state index in [4.69, 9.17) is 21.1 Å². The van der Waals surface area contributed by atoms with Crippen molar-refractivity contribution in [2.45, 2.75) is 66.2 Å². The molecule has 6 rings (SSSR count). The fourth-order valence-corrected chi connectivity index (χ4v) is 6.31. The molecule has 0 aromatic heterocycles. The van der Waals surface area contributed by atoms with Gasteiger partial charge in [0.25, 0.3) is 0 Å². The predicted octanol–water partition coefficient (Wildman–Crippen LogP) is 8.85. The fraction of sp³-hybridized carbons (Fsp3) is 0.317. The van der Waals surface area contributed by atoms with Crippen LogP contribution in [0.15, 0.2) is 72.8 Å². The zero-order valence-electron chi connectivity index (χ0n) is 29.2. The second-order valence-electron chi connectivity index (χ2n) is 12.1. The van der Waals surface area contributed by atoms with Crippen molar-refractivity contribution in [3.63, 3.8) is 0 Å². The van der Waals surface area contributed by atoms with Crippen LogP contribution in [-0.2, 0) is 38.3 Å². The largest absolute Gasteiger partial charge is 0.465 e. The monoisotopic (exact) mass is 681 g/mol. The number of benzene rings is 4. The minimum atomic E-state index is -0.333. The number of aryl methyl sites for hydroxylation is 3. The molecule has 8 heteroatoms. The third-order valence-electron chi connectivity index (χ3n) is 8.85. The van der Waals surface area contributed by atoms with Crippen LogP contribution in [0.3, 0.4) is 0 Å². The Morgan fingerprint density at radius 3 is 1.61 bits per heavy atom. The standard InChI is InChI=1S/C20H21NO3.C18H18O2.C3H5ClO/c1-4-18(22)21-10-9-16-12-17(11-13(2)19(16)21)14-5-7-15(8-6-14)20(23)24-3;1-12-10-16(11-15-4-3-5-17(12)15)13-6-8-14(9-7-13)18(19)20-2;1-2-3(4)5/h5-8,11-12H,4,9-10H2,1-3H3;6-11H,3-5H2,1-2H3;2H2,1H3. The first-order valence-electron chi connectivity index (χ1n) is 16.6. The average Bonchev–Trinajstić information content (AvgIpc) is 3.79. The van der Waals surface area contributed by atoms with Crippen LogP contribution in [0, 0.1) is 13.8 Å². The second kappa shape index (κ2) is 17.1. The van der Waals surface area contributed by atoms with Gasteiger partial charge in [0.15, 0.2) is 0 Å². The molecular weight excluding hydrogens is 638 g/mol. The lowest BCUT2D eigenvalue weighted by Crippen LogP contribution is -2.28. The molecule has 4 aromatic carbocycles. The van der Waals surface area contributed by atoms with Gasteiger partial charge in [-0.15, -0.1) is 0 Å². The second-order valence-corrected chi connectivity index (χ2v) is 12.5. The molecule has 1 aliphatic carbocycles. The number of fused-ring (bicyclic) bond motifs is 2. The third kappa shape index (κ3) is 9.04. The topological polar surface area (TPSA) is 90.0 Å². The quantitative estimate of drug-likeness (QED) is 0.149. The van der Waals surface area contributed by atoms with Crippen molar-refractivity contribution in [1.29, 1.82) is 0 Å². The molecule has 0 bridgehead atoms. The molecule has 0 spiro atoms. The summed E-state index contributed by atoms with van der Waals surface area (Å²) in [7, 11) is 2.78. The number of carbonyl (C=O) groups is 4. The first kappa shape index (κ1) is 37.1. The van der Waals surface area contributed by atoms with E-state index in [1.807, 2.05) is 55.1 Å². The smallest absolute Gasteiger partial charge is 0.337 e. The Balaban J connectivity index is 0.000000197. The van der Waals surface area contributed by atoms with Crippen molar-refractivity contribution >= 4 is 40.4 Å². The molecule has 0 saturated heterocycles. The SMILES string of the molecule is CCC(=O)Cl.CCC(=O)N1CCc2cc(-c3ccc(C(=O)OC)cc3)cc(C)c21.COC(=O)c1ccc(-c2cc(C)c3c(c2)CCC3)cc1. The number of hydrogen-bond donors (Lipinski definition) is 0. The van der Waals surface area contributed by atoms with E-state index in [1.54, 1.807) is 19.1 Å². The predicted molar refractivity (Wildman–Crippen MR) is 195 cm³/mol. The summed E-state index contributed by atoms with van der Waals surface area (Å²) >= 11 is 4.82. The fourth-order valence-electron chi connectivity index (χ4n) is 6.31. The molecule has 0 radical (unpaired) electrons. The Labute approximate surface area is 294 Å². The molecule has 0 fully saturated rings. The van der Waals surface area contributed by atoms with Gasteiger partial charge in [-0.2, -0.15) is 0 Å². The van der Waals surface area contributed by atoms with Gasteiger partial charge in [0.2, 0.25) is 11.1 Å². The van der Waals surface area contributed by atoms with Crippen LogP contribution >= 0.6 is 11.6 Å². The molecule has 256 valence electrons. The van der Waals surface area contributed by atoms with Crippen LogP contribution < -0.4 is 4.90 Å². The number of methoxy groups -OCH3 is 2. The highest BCUT2D eigenvalue weighted by atomic mass is 35.5. The Kier molecular flexibility index (Phi) is 12.9. The molecular formula is C41H44ClNO6. The van der Waals surface area contributed by atoms with Crippen LogP contribution in [0.25, 0.3) is 22.3 Å². The number of anilines is 1. The number of carbonyl (C=O) groups excluding carboxylic acids is 4. The highest BCUT2D eigenvalue weighted by Gasteiger charge is 2.26. The molecule has 49 heavy (non-hydrogen) atoms. The highest BCUT2D eigenvalue weighted by molar-refractivity contribution is 6.63. The van der Waals surface area contributed by atoms with Gasteiger partial charge >= 0.3 is 11.9 Å². The molecule has 4 aromatic rings. The van der Waals surface area contributed by atoms with Gasteiger partial charge in [-0.05, 0) is 138 Å². The van der Waals surface area contributed by atoms with E-state index < -0.39 is 0 Å². The summed E-state index contributed by atoms with van der Waals surface area (Å²) in [5.74, 6) is -0.450. The summed E-state index contributed by atoms with van der Waals surface area (Å²) in [5.41, 5.74) is 13.5. The van der Waals surface area contributed by atoms with Gasteiger partial charge in [0.1, 0.15) is 0 Å². The molecule has 1 heterocycles. The van der Waals surface area contributed by atoms with Crippen molar-refractivity contribution in [3.05, 3.63) is 112 Å². The van der Waals surface area contributed by atoms with Gasteiger partial charge in [-0.25, -0.2) is 9.59 Å². The zero-order chi connectivity index (χ0) is 35.7. The summed E-state index contributed by atoms with van der Waals surface area (Å²) in [6.45, 7) is 8.61. The van der Waals surface area contributed by atoms with Gasteiger partial charge < -0.3 is 14.4 Å². The van der Waals surface area contributed by atoms with Crippen molar-refractivity contribution in [2.24, 2.45) is 0 Å². The average molecular weight is 682 g/mol. The van der Waals surface area contributed by atoms with Gasteiger partial charge in [0, 0.05) is 25.1 Å². The maximum Gasteiger partial charge on any atom is 0.337 e. The third-order valence-corrected chi connectivity index (χ3v) is 9.12. The number of nitrogens with zero attached hydrogens (tertiary/aromatic N) is 1. The normalized spacial score (nSPS) is 12.4. The van der Waals surface area contributed by atoms with E-state index in [2.05, 4.69) is 31.2 Å². The van der Waals surface area contributed by atoms with Gasteiger partial charge in [-0.3, -0.25) is 9.59 Å². The number of hydrogen-bond acceptors (Lipinski definition) is 6. The molecule has 2 aliphatic rings. The van der Waals surface area contributed by atoms with E-state index in [0.717, 1.165) is 40.9 Å². The number of amides is 1. The molecule has 0 unspecified atom stereocenters.